The first-order valence-electron chi connectivity index (χ1n) is 9.43. The zero-order valence-corrected chi connectivity index (χ0v) is 17.3. The minimum Gasteiger partial charge on any atom is -0.494 e. The third kappa shape index (κ3) is 3.81. The van der Waals surface area contributed by atoms with Crippen LogP contribution in [0.15, 0.2) is 36.4 Å². The van der Waals surface area contributed by atoms with E-state index in [1.807, 2.05) is 19.1 Å². The quantitative estimate of drug-likeness (QED) is 0.604. The fourth-order valence-electron chi connectivity index (χ4n) is 3.51. The molecule has 30 heavy (non-hydrogen) atoms. The predicted molar refractivity (Wildman–Crippen MR) is 110 cm³/mol. The Hall–Kier alpha value is -2.81. The molecular weight excluding hydrogens is 415 g/mol. The number of aromatic nitrogens is 1. The Balaban J connectivity index is 1.49. The first-order valence-corrected chi connectivity index (χ1v) is 10.2. The third-order valence-corrected chi connectivity index (χ3v) is 6.44. The number of methoxy groups -OCH3 is 1. The Morgan fingerprint density at radius 2 is 1.87 bits per heavy atom. The maximum absolute atomic E-state index is 12.9. The monoisotopic (exact) mass is 435 g/mol. The van der Waals surface area contributed by atoms with E-state index < -0.39 is 11.7 Å². The lowest BCUT2D eigenvalue weighted by Gasteiger charge is -2.34. The van der Waals surface area contributed by atoms with Gasteiger partial charge in [0.25, 0.3) is 5.91 Å². The highest BCUT2D eigenvalue weighted by atomic mass is 32.1. The number of rotatable bonds is 3. The molecule has 0 atom stereocenters. The van der Waals surface area contributed by atoms with E-state index in [1.165, 1.54) is 12.1 Å². The maximum atomic E-state index is 12.9. The molecular formula is C21H20F3N3O2S. The average Bonchev–Trinajstić information content (AvgIpc) is 3.20. The Labute approximate surface area is 175 Å². The van der Waals surface area contributed by atoms with Crippen LogP contribution in [0.1, 0.15) is 21.5 Å². The number of thiazole rings is 1. The second-order valence-corrected chi connectivity index (χ2v) is 8.09. The van der Waals surface area contributed by atoms with Crippen molar-refractivity contribution in [2.75, 3.05) is 38.2 Å². The average molecular weight is 435 g/mol. The summed E-state index contributed by atoms with van der Waals surface area (Å²) in [4.78, 5) is 21.1. The molecule has 3 aromatic rings. The van der Waals surface area contributed by atoms with Crippen LogP contribution in [-0.4, -0.2) is 49.1 Å². The minimum atomic E-state index is -4.47. The smallest absolute Gasteiger partial charge is 0.416 e. The van der Waals surface area contributed by atoms with E-state index in [1.54, 1.807) is 23.3 Å². The summed E-state index contributed by atoms with van der Waals surface area (Å²) >= 11 is 1.58. The number of halogens is 3. The van der Waals surface area contributed by atoms with Crippen LogP contribution in [0.25, 0.3) is 10.2 Å². The number of piperazine rings is 1. The molecule has 0 bridgehead atoms. The number of hydrogen-bond donors (Lipinski definition) is 0. The summed E-state index contributed by atoms with van der Waals surface area (Å²) in [7, 11) is 1.61. The molecule has 1 aliphatic rings. The van der Waals surface area contributed by atoms with Crippen LogP contribution in [0.4, 0.5) is 18.3 Å². The van der Waals surface area contributed by atoms with Gasteiger partial charge in [0.1, 0.15) is 11.3 Å². The van der Waals surface area contributed by atoms with Gasteiger partial charge >= 0.3 is 6.18 Å². The van der Waals surface area contributed by atoms with Gasteiger partial charge in [-0.1, -0.05) is 23.5 Å². The van der Waals surface area contributed by atoms with Crippen molar-refractivity contribution in [1.29, 1.82) is 0 Å². The van der Waals surface area contributed by atoms with Crippen molar-refractivity contribution < 1.29 is 22.7 Å². The van der Waals surface area contributed by atoms with Crippen molar-refractivity contribution in [1.82, 2.24) is 9.88 Å². The van der Waals surface area contributed by atoms with Crippen LogP contribution in [0.3, 0.4) is 0 Å². The molecule has 2 heterocycles. The number of carbonyl (C=O) groups is 1. The zero-order valence-electron chi connectivity index (χ0n) is 16.5. The lowest BCUT2D eigenvalue weighted by Crippen LogP contribution is -2.48. The molecule has 4 rings (SSSR count). The van der Waals surface area contributed by atoms with Crippen molar-refractivity contribution in [2.24, 2.45) is 0 Å². The molecule has 1 amide bonds. The summed E-state index contributed by atoms with van der Waals surface area (Å²) < 4.78 is 45.3. The van der Waals surface area contributed by atoms with Gasteiger partial charge in [-0.3, -0.25) is 4.79 Å². The van der Waals surface area contributed by atoms with E-state index in [-0.39, 0.29) is 11.5 Å². The first-order chi connectivity index (χ1) is 14.3. The van der Waals surface area contributed by atoms with Crippen molar-refractivity contribution in [3.8, 4) is 5.75 Å². The molecule has 0 unspecified atom stereocenters. The van der Waals surface area contributed by atoms with Gasteiger partial charge in [0.05, 0.1) is 17.4 Å². The molecule has 1 fully saturated rings. The van der Waals surface area contributed by atoms with Gasteiger partial charge in [-0.2, -0.15) is 13.2 Å². The Morgan fingerprint density at radius 3 is 2.53 bits per heavy atom. The largest absolute Gasteiger partial charge is 0.494 e. The Kier molecular flexibility index (Phi) is 5.31. The van der Waals surface area contributed by atoms with Gasteiger partial charge in [-0.15, -0.1) is 0 Å². The molecule has 1 aromatic heterocycles. The van der Waals surface area contributed by atoms with Crippen LogP contribution in [-0.2, 0) is 6.18 Å². The first kappa shape index (κ1) is 20.5. The molecule has 0 aliphatic carbocycles. The van der Waals surface area contributed by atoms with E-state index in [4.69, 9.17) is 9.72 Å². The number of benzene rings is 2. The number of nitrogens with zero attached hydrogens (tertiary/aromatic N) is 3. The van der Waals surface area contributed by atoms with E-state index in [2.05, 4.69) is 4.90 Å². The van der Waals surface area contributed by atoms with E-state index >= 15 is 0 Å². The van der Waals surface area contributed by atoms with Crippen molar-refractivity contribution in [3.05, 3.63) is 53.1 Å². The minimum absolute atomic E-state index is 0.0543. The van der Waals surface area contributed by atoms with Gasteiger partial charge in [0.2, 0.25) is 0 Å². The van der Waals surface area contributed by atoms with Gasteiger partial charge in [0, 0.05) is 31.7 Å². The highest BCUT2D eigenvalue weighted by Crippen LogP contribution is 2.36. The van der Waals surface area contributed by atoms with E-state index in [9.17, 15) is 18.0 Å². The van der Waals surface area contributed by atoms with Crippen LogP contribution in [0.2, 0.25) is 0 Å². The van der Waals surface area contributed by atoms with Gasteiger partial charge < -0.3 is 14.5 Å². The Bertz CT molecular complexity index is 1090. The van der Waals surface area contributed by atoms with E-state index in [0.717, 1.165) is 38.8 Å². The standard InChI is InChI=1S/C21H20F3N3O2S/c1-13-6-7-16(29-2)17-18(13)30-20(25-17)27-10-8-26(9-11-27)19(28)14-4-3-5-15(12-14)21(22,23)24/h3-7,12H,8-11H2,1-2H3. The summed E-state index contributed by atoms with van der Waals surface area (Å²) in [5, 5.41) is 0.851. The number of hydrogen-bond acceptors (Lipinski definition) is 5. The summed E-state index contributed by atoms with van der Waals surface area (Å²) in [6.45, 7) is 3.98. The zero-order chi connectivity index (χ0) is 21.5. The van der Waals surface area contributed by atoms with Crippen molar-refractivity contribution >= 4 is 32.6 Å². The highest BCUT2D eigenvalue weighted by Gasteiger charge is 2.32. The molecule has 0 spiro atoms. The number of ether oxygens (including phenoxy) is 1. The van der Waals surface area contributed by atoms with Gasteiger partial charge in [-0.25, -0.2) is 4.98 Å². The lowest BCUT2D eigenvalue weighted by atomic mass is 10.1. The van der Waals surface area contributed by atoms with Crippen molar-refractivity contribution in [2.45, 2.75) is 13.1 Å². The predicted octanol–water partition coefficient (Wildman–Crippen LogP) is 4.59. The molecule has 0 radical (unpaired) electrons. The van der Waals surface area contributed by atoms with Crippen LogP contribution < -0.4 is 9.64 Å². The number of fused-ring (bicyclic) bond motifs is 1. The molecule has 0 saturated carbocycles. The van der Waals surface area contributed by atoms with Gasteiger partial charge in [0.15, 0.2) is 5.13 Å². The highest BCUT2D eigenvalue weighted by molar-refractivity contribution is 7.22. The number of alkyl halides is 3. The number of carbonyl (C=O) groups excluding carboxylic acids is 1. The summed E-state index contributed by atoms with van der Waals surface area (Å²) in [5.74, 6) is 0.332. The number of amides is 1. The molecule has 9 heteroatoms. The molecule has 158 valence electrons. The lowest BCUT2D eigenvalue weighted by molar-refractivity contribution is -0.137. The third-order valence-electron chi connectivity index (χ3n) is 5.19. The second-order valence-electron chi connectivity index (χ2n) is 7.12. The van der Waals surface area contributed by atoms with Crippen LogP contribution >= 0.6 is 11.3 Å². The van der Waals surface area contributed by atoms with Crippen LogP contribution in [0, 0.1) is 6.92 Å². The fourth-order valence-corrected chi connectivity index (χ4v) is 4.61. The second kappa shape index (κ2) is 7.79. The van der Waals surface area contributed by atoms with Crippen LogP contribution in [0.5, 0.6) is 5.75 Å². The SMILES string of the molecule is COc1ccc(C)c2sc(N3CCN(C(=O)c4cccc(C(F)(F)F)c4)CC3)nc12. The fraction of sp³-hybridized carbons (Fsp3) is 0.333. The number of aryl methyl sites for hydroxylation is 1. The summed E-state index contributed by atoms with van der Waals surface area (Å²) in [6, 6.07) is 8.47. The molecule has 0 N–H and O–H groups in total. The normalized spacial score (nSPS) is 15.0. The van der Waals surface area contributed by atoms with Gasteiger partial charge in [-0.05, 0) is 36.8 Å². The topological polar surface area (TPSA) is 45.7 Å². The summed E-state index contributed by atoms with van der Waals surface area (Å²) in [5.41, 5.74) is 1.18. The Morgan fingerprint density at radius 1 is 1.13 bits per heavy atom. The van der Waals surface area contributed by atoms with E-state index in [0.29, 0.717) is 26.2 Å². The summed E-state index contributed by atoms with van der Waals surface area (Å²) in [6.07, 6.45) is -4.47. The van der Waals surface area contributed by atoms with Crippen molar-refractivity contribution in [3.63, 3.8) is 0 Å². The molecule has 2 aromatic carbocycles. The molecule has 1 saturated heterocycles. The molecule has 5 nitrogen and oxygen atoms in total. The maximum Gasteiger partial charge on any atom is 0.416 e. The number of anilines is 1. The molecule has 1 aliphatic heterocycles.